The lowest BCUT2D eigenvalue weighted by Gasteiger charge is -2.35. The molecule has 1 aliphatic heterocycles. The molecule has 1 rings (SSSR count). The minimum Gasteiger partial charge on any atom is -0.412 e. The molecule has 1 nitrogen and oxygen atoms in total. The van der Waals surface area contributed by atoms with Gasteiger partial charge in [-0.05, 0) is 24.4 Å². The predicted octanol–water partition coefficient (Wildman–Crippen LogP) is 3.66. The summed E-state index contributed by atoms with van der Waals surface area (Å²) in [7, 11) is -1.56. The summed E-state index contributed by atoms with van der Waals surface area (Å²) in [4.78, 5) is 0. The molecule has 1 heterocycles. The van der Waals surface area contributed by atoms with E-state index in [9.17, 15) is 0 Å². The van der Waals surface area contributed by atoms with Crippen LogP contribution in [0.5, 0.6) is 0 Å². The van der Waals surface area contributed by atoms with E-state index in [1.807, 2.05) is 0 Å². The molecule has 0 atom stereocenters. The van der Waals surface area contributed by atoms with E-state index in [1.165, 1.54) is 6.42 Å². The molecule has 2 heteroatoms. The van der Waals surface area contributed by atoms with Crippen molar-refractivity contribution in [3.05, 3.63) is 11.3 Å². The van der Waals surface area contributed by atoms with Crippen LogP contribution in [0.4, 0.5) is 0 Å². The Kier molecular flexibility index (Phi) is 3.36. The van der Waals surface area contributed by atoms with Gasteiger partial charge in [0.05, 0.1) is 0 Å². The molecule has 0 radical (unpaired) electrons. The Morgan fingerprint density at radius 2 is 1.77 bits per heavy atom. The highest BCUT2D eigenvalue weighted by Crippen LogP contribution is 2.44. The molecule has 0 amide bonds. The van der Waals surface area contributed by atoms with Gasteiger partial charge in [0.2, 0.25) is 8.32 Å². The lowest BCUT2D eigenvalue weighted by Crippen LogP contribution is -2.42. The Morgan fingerprint density at radius 3 is 2.08 bits per heavy atom. The largest absolute Gasteiger partial charge is 0.412 e. The molecule has 1 fully saturated rings. The van der Waals surface area contributed by atoms with Gasteiger partial charge in [-0.15, -0.1) is 0 Å². The third-order valence-corrected chi connectivity index (χ3v) is 8.93. The first-order chi connectivity index (χ1) is 6.05. The van der Waals surface area contributed by atoms with Gasteiger partial charge >= 0.3 is 0 Å². The van der Waals surface area contributed by atoms with Crippen LogP contribution in [-0.2, 0) is 4.43 Å². The topological polar surface area (TPSA) is 9.23 Å². The maximum atomic E-state index is 6.14. The van der Waals surface area contributed by atoms with Gasteiger partial charge in [-0.1, -0.05) is 39.0 Å². The molecular formula is C11H22OSi. The first-order valence-corrected chi connectivity index (χ1v) is 7.41. The zero-order valence-electron chi connectivity index (χ0n) is 9.55. The van der Waals surface area contributed by atoms with Gasteiger partial charge in [0.1, 0.15) is 0 Å². The Labute approximate surface area is 83.3 Å². The molecule has 0 saturated carbocycles. The number of rotatable bonds is 2. The minimum absolute atomic E-state index is 0.709. The van der Waals surface area contributed by atoms with Crippen molar-refractivity contribution in [3.63, 3.8) is 0 Å². The Hall–Kier alpha value is -0.0831. The van der Waals surface area contributed by atoms with Crippen molar-refractivity contribution in [2.75, 3.05) is 6.61 Å². The first kappa shape index (κ1) is 11.0. The van der Waals surface area contributed by atoms with Crippen molar-refractivity contribution < 1.29 is 4.43 Å². The summed E-state index contributed by atoms with van der Waals surface area (Å²) < 4.78 is 6.14. The molecule has 1 saturated heterocycles. The van der Waals surface area contributed by atoms with Crippen LogP contribution < -0.4 is 0 Å². The third-order valence-electron chi connectivity index (χ3n) is 3.28. The molecule has 0 aromatic rings. The van der Waals surface area contributed by atoms with Gasteiger partial charge in [-0.3, -0.25) is 0 Å². The number of hydrogen-bond donors (Lipinski definition) is 0. The lowest BCUT2D eigenvalue weighted by atomic mass is 10.4. The maximum Gasteiger partial charge on any atom is 0.225 e. The van der Waals surface area contributed by atoms with Crippen LogP contribution in [0, 0.1) is 0 Å². The highest BCUT2D eigenvalue weighted by molar-refractivity contribution is 6.83. The Morgan fingerprint density at radius 1 is 1.23 bits per heavy atom. The van der Waals surface area contributed by atoms with Crippen molar-refractivity contribution in [1.29, 1.82) is 0 Å². The quantitative estimate of drug-likeness (QED) is 0.615. The standard InChI is InChI=1S/C11H22OSi/c1-6-11-7-8-12-13(11,9(2)3)10(4)5/h6,9-10H,7-8H2,1-5H3. The molecule has 0 aromatic heterocycles. The zero-order chi connectivity index (χ0) is 10.1. The molecule has 0 spiro atoms. The van der Waals surface area contributed by atoms with Gasteiger partial charge in [-0.25, -0.2) is 0 Å². The zero-order valence-corrected chi connectivity index (χ0v) is 10.6. The summed E-state index contributed by atoms with van der Waals surface area (Å²) in [6.07, 6.45) is 3.48. The summed E-state index contributed by atoms with van der Waals surface area (Å²) in [5.41, 5.74) is 1.42. The van der Waals surface area contributed by atoms with Crippen LogP contribution in [0.25, 0.3) is 0 Å². The third kappa shape index (κ3) is 1.62. The summed E-state index contributed by atoms with van der Waals surface area (Å²) in [6, 6.07) is 0. The predicted molar refractivity (Wildman–Crippen MR) is 60.3 cm³/mol. The monoisotopic (exact) mass is 198 g/mol. The molecule has 0 aromatic carbocycles. The smallest absolute Gasteiger partial charge is 0.225 e. The van der Waals surface area contributed by atoms with E-state index < -0.39 is 8.32 Å². The highest BCUT2D eigenvalue weighted by atomic mass is 28.4. The molecular weight excluding hydrogens is 176 g/mol. The fourth-order valence-electron chi connectivity index (χ4n) is 2.73. The van der Waals surface area contributed by atoms with Crippen LogP contribution in [-0.4, -0.2) is 14.9 Å². The summed E-state index contributed by atoms with van der Waals surface area (Å²) >= 11 is 0. The van der Waals surface area contributed by atoms with Crippen molar-refractivity contribution >= 4 is 8.32 Å². The second-order valence-corrected chi connectivity index (χ2v) is 9.34. The van der Waals surface area contributed by atoms with Crippen molar-refractivity contribution in [3.8, 4) is 0 Å². The fraction of sp³-hybridized carbons (Fsp3) is 0.818. The molecule has 0 bridgehead atoms. The van der Waals surface area contributed by atoms with E-state index in [4.69, 9.17) is 4.43 Å². The van der Waals surface area contributed by atoms with E-state index in [2.05, 4.69) is 40.7 Å². The van der Waals surface area contributed by atoms with E-state index in [0.717, 1.165) is 6.61 Å². The van der Waals surface area contributed by atoms with Crippen LogP contribution in [0.15, 0.2) is 11.3 Å². The van der Waals surface area contributed by atoms with Crippen LogP contribution in [0.1, 0.15) is 41.0 Å². The summed E-state index contributed by atoms with van der Waals surface area (Å²) in [5, 5.41) is 1.64. The van der Waals surface area contributed by atoms with Crippen molar-refractivity contribution in [1.82, 2.24) is 0 Å². The molecule has 0 aliphatic carbocycles. The Balaban J connectivity index is 3.03. The number of hydrogen-bond acceptors (Lipinski definition) is 1. The van der Waals surface area contributed by atoms with Crippen molar-refractivity contribution in [2.45, 2.75) is 52.1 Å². The molecule has 13 heavy (non-hydrogen) atoms. The second kappa shape index (κ2) is 3.97. The van der Waals surface area contributed by atoms with Gasteiger partial charge in [0, 0.05) is 6.61 Å². The van der Waals surface area contributed by atoms with Crippen LogP contribution >= 0.6 is 0 Å². The Bertz CT molecular complexity index is 198. The van der Waals surface area contributed by atoms with Crippen molar-refractivity contribution in [2.24, 2.45) is 0 Å². The number of allylic oxidation sites excluding steroid dienone is 1. The summed E-state index contributed by atoms with van der Waals surface area (Å²) in [5.74, 6) is 0. The van der Waals surface area contributed by atoms with Gasteiger partial charge in [-0.2, -0.15) is 0 Å². The average Bonchev–Trinajstić information content (AvgIpc) is 2.47. The normalized spacial score (nSPS) is 25.0. The van der Waals surface area contributed by atoms with Gasteiger partial charge in [0.15, 0.2) is 0 Å². The molecule has 1 aliphatic rings. The minimum atomic E-state index is -1.56. The molecule has 0 unspecified atom stereocenters. The van der Waals surface area contributed by atoms with E-state index in [1.54, 1.807) is 5.20 Å². The van der Waals surface area contributed by atoms with Crippen LogP contribution in [0.2, 0.25) is 11.1 Å². The maximum absolute atomic E-state index is 6.14. The van der Waals surface area contributed by atoms with Crippen LogP contribution in [0.3, 0.4) is 0 Å². The second-order valence-electron chi connectivity index (χ2n) is 4.51. The first-order valence-electron chi connectivity index (χ1n) is 5.35. The van der Waals surface area contributed by atoms with E-state index in [0.29, 0.717) is 11.1 Å². The average molecular weight is 198 g/mol. The lowest BCUT2D eigenvalue weighted by molar-refractivity contribution is 0.329. The SMILES string of the molecule is CC=C1CCO[Si]1(C(C)C)C(C)C. The van der Waals surface area contributed by atoms with E-state index in [-0.39, 0.29) is 0 Å². The highest BCUT2D eigenvalue weighted by Gasteiger charge is 2.48. The van der Waals surface area contributed by atoms with Gasteiger partial charge < -0.3 is 4.43 Å². The van der Waals surface area contributed by atoms with Gasteiger partial charge in [0.25, 0.3) is 0 Å². The fourth-order valence-corrected chi connectivity index (χ4v) is 7.78. The molecule has 0 N–H and O–H groups in total. The molecule has 76 valence electrons. The summed E-state index contributed by atoms with van der Waals surface area (Å²) in [6.45, 7) is 12.4. The van der Waals surface area contributed by atoms with E-state index >= 15 is 0 Å².